The van der Waals surface area contributed by atoms with Crippen LogP contribution >= 0.6 is 11.8 Å². The lowest BCUT2D eigenvalue weighted by molar-refractivity contribution is 0.206. The molecule has 2 nitrogen and oxygen atoms in total. The summed E-state index contributed by atoms with van der Waals surface area (Å²) in [6.45, 7) is 7.21. The van der Waals surface area contributed by atoms with Gasteiger partial charge in [-0.25, -0.2) is 0 Å². The van der Waals surface area contributed by atoms with E-state index in [0.717, 1.165) is 17.7 Å². The highest BCUT2D eigenvalue weighted by Crippen LogP contribution is 2.14. The van der Waals surface area contributed by atoms with Gasteiger partial charge >= 0.3 is 0 Å². The van der Waals surface area contributed by atoms with E-state index in [4.69, 9.17) is 0 Å². The van der Waals surface area contributed by atoms with Crippen LogP contribution in [0.4, 0.5) is 0 Å². The Morgan fingerprint density at radius 2 is 2.36 bits per heavy atom. The van der Waals surface area contributed by atoms with Crippen LogP contribution in [-0.2, 0) is 0 Å². The molecule has 1 aliphatic rings. The number of rotatable bonds is 5. The Kier molecular flexibility index (Phi) is 5.90. The Morgan fingerprint density at radius 1 is 1.57 bits per heavy atom. The average Bonchev–Trinajstić information content (AvgIpc) is 2.17. The van der Waals surface area contributed by atoms with Crippen LogP contribution in [0.2, 0.25) is 0 Å². The van der Waals surface area contributed by atoms with Gasteiger partial charge in [-0.15, -0.1) is 0 Å². The zero-order chi connectivity index (χ0) is 10.4. The summed E-state index contributed by atoms with van der Waals surface area (Å²) in [5, 5.41) is 4.33. The maximum atomic E-state index is 3.58. The van der Waals surface area contributed by atoms with Crippen molar-refractivity contribution >= 4 is 11.8 Å². The summed E-state index contributed by atoms with van der Waals surface area (Å²) in [6.07, 6.45) is 4.96. The Balaban J connectivity index is 2.05. The van der Waals surface area contributed by atoms with Crippen molar-refractivity contribution in [3.63, 3.8) is 0 Å². The first-order valence-corrected chi connectivity index (χ1v) is 6.93. The first-order valence-electron chi connectivity index (χ1n) is 5.64. The van der Waals surface area contributed by atoms with Gasteiger partial charge in [0, 0.05) is 18.3 Å². The molecule has 1 rings (SSSR count). The third kappa shape index (κ3) is 4.67. The van der Waals surface area contributed by atoms with Crippen LogP contribution in [0, 0.1) is 5.92 Å². The topological polar surface area (TPSA) is 15.3 Å². The second kappa shape index (κ2) is 6.70. The lowest BCUT2D eigenvalue weighted by atomic mass is 9.98. The molecule has 14 heavy (non-hydrogen) atoms. The number of piperidine rings is 1. The molecule has 1 fully saturated rings. The van der Waals surface area contributed by atoms with Crippen LogP contribution < -0.4 is 5.32 Å². The highest BCUT2D eigenvalue weighted by atomic mass is 32.2. The zero-order valence-corrected chi connectivity index (χ0v) is 10.6. The summed E-state index contributed by atoms with van der Waals surface area (Å²) in [5.74, 6) is 0.878. The van der Waals surface area contributed by atoms with Crippen LogP contribution in [0.3, 0.4) is 0 Å². The molecule has 0 spiro atoms. The second-order valence-electron chi connectivity index (χ2n) is 4.48. The summed E-state index contributed by atoms with van der Waals surface area (Å²) in [4.78, 5) is 2.45. The molecule has 1 saturated heterocycles. The van der Waals surface area contributed by atoms with E-state index in [1.807, 2.05) is 11.8 Å². The fourth-order valence-corrected chi connectivity index (χ4v) is 2.30. The van der Waals surface area contributed by atoms with Crippen LogP contribution in [0.1, 0.15) is 19.8 Å². The fourth-order valence-electron chi connectivity index (χ4n) is 2.01. The van der Waals surface area contributed by atoms with E-state index >= 15 is 0 Å². The minimum Gasteiger partial charge on any atom is -0.315 e. The average molecular weight is 216 g/mol. The number of nitrogens with one attached hydrogen (secondary N) is 1. The quantitative estimate of drug-likeness (QED) is 0.752. The smallest absolute Gasteiger partial charge is 0.0141 e. The lowest BCUT2D eigenvalue weighted by Gasteiger charge is -2.30. The first kappa shape index (κ1) is 12.3. The largest absolute Gasteiger partial charge is 0.315 e. The molecule has 2 atom stereocenters. The third-order valence-electron chi connectivity index (χ3n) is 2.99. The van der Waals surface area contributed by atoms with Gasteiger partial charge in [0.05, 0.1) is 0 Å². The van der Waals surface area contributed by atoms with Crippen molar-refractivity contribution in [3.8, 4) is 0 Å². The Morgan fingerprint density at radius 3 is 3.00 bits per heavy atom. The minimum absolute atomic E-state index is 0.747. The van der Waals surface area contributed by atoms with Gasteiger partial charge < -0.3 is 10.2 Å². The summed E-state index contributed by atoms with van der Waals surface area (Å²) >= 11 is 1.94. The minimum atomic E-state index is 0.747. The molecule has 0 radical (unpaired) electrons. The maximum Gasteiger partial charge on any atom is 0.0141 e. The van der Waals surface area contributed by atoms with Gasteiger partial charge in [-0.3, -0.25) is 0 Å². The SMILES string of the molecule is CSC(C)CNCC1CCCN(C)C1. The summed E-state index contributed by atoms with van der Waals surface area (Å²) < 4.78 is 0. The number of hydrogen-bond acceptors (Lipinski definition) is 3. The predicted molar refractivity (Wildman–Crippen MR) is 66.1 cm³/mol. The van der Waals surface area contributed by atoms with Crippen molar-refractivity contribution in [1.29, 1.82) is 0 Å². The lowest BCUT2D eigenvalue weighted by Crippen LogP contribution is -2.38. The maximum absolute atomic E-state index is 3.58. The van der Waals surface area contributed by atoms with Crippen molar-refractivity contribution < 1.29 is 0 Å². The van der Waals surface area contributed by atoms with Gasteiger partial charge in [0.2, 0.25) is 0 Å². The standard InChI is InChI=1S/C11H24N2S/c1-10(14-3)7-12-8-11-5-4-6-13(2)9-11/h10-12H,4-9H2,1-3H3. The normalized spacial score (nSPS) is 26.4. The van der Waals surface area contributed by atoms with E-state index in [1.165, 1.54) is 32.5 Å². The molecule has 0 saturated carbocycles. The number of nitrogens with zero attached hydrogens (tertiary/aromatic N) is 1. The highest BCUT2D eigenvalue weighted by molar-refractivity contribution is 7.99. The monoisotopic (exact) mass is 216 g/mol. The van der Waals surface area contributed by atoms with E-state index in [2.05, 4.69) is 30.4 Å². The summed E-state index contributed by atoms with van der Waals surface area (Å²) in [6, 6.07) is 0. The molecule has 0 aromatic heterocycles. The Labute approximate surface area is 92.8 Å². The van der Waals surface area contributed by atoms with E-state index in [9.17, 15) is 0 Å². The van der Waals surface area contributed by atoms with E-state index in [1.54, 1.807) is 0 Å². The van der Waals surface area contributed by atoms with Crippen LogP contribution in [-0.4, -0.2) is 49.6 Å². The van der Waals surface area contributed by atoms with Crippen LogP contribution in [0.15, 0.2) is 0 Å². The molecule has 0 aromatic rings. The molecule has 0 bridgehead atoms. The van der Waals surface area contributed by atoms with E-state index in [-0.39, 0.29) is 0 Å². The van der Waals surface area contributed by atoms with Crippen molar-refractivity contribution in [2.24, 2.45) is 5.92 Å². The molecule has 1 N–H and O–H groups in total. The van der Waals surface area contributed by atoms with Crippen molar-refractivity contribution in [1.82, 2.24) is 10.2 Å². The molecule has 2 unspecified atom stereocenters. The molecule has 1 aliphatic heterocycles. The molecule has 1 heterocycles. The molecule has 84 valence electrons. The van der Waals surface area contributed by atoms with Gasteiger partial charge in [0.1, 0.15) is 0 Å². The van der Waals surface area contributed by atoms with Crippen LogP contribution in [0.5, 0.6) is 0 Å². The number of likely N-dealkylation sites (tertiary alicyclic amines) is 1. The Hall–Kier alpha value is 0.270. The molecule has 0 aliphatic carbocycles. The predicted octanol–water partition coefficient (Wildman–Crippen LogP) is 1.67. The zero-order valence-electron chi connectivity index (χ0n) is 9.75. The van der Waals surface area contributed by atoms with Crippen LogP contribution in [0.25, 0.3) is 0 Å². The van der Waals surface area contributed by atoms with E-state index in [0.29, 0.717) is 0 Å². The van der Waals surface area contributed by atoms with Gasteiger partial charge in [0.15, 0.2) is 0 Å². The Bertz CT molecular complexity index is 152. The molecular weight excluding hydrogens is 192 g/mol. The van der Waals surface area contributed by atoms with Crippen molar-refractivity contribution in [2.75, 3.05) is 39.5 Å². The first-order chi connectivity index (χ1) is 6.72. The van der Waals surface area contributed by atoms with Crippen molar-refractivity contribution in [3.05, 3.63) is 0 Å². The van der Waals surface area contributed by atoms with Gasteiger partial charge in [-0.05, 0) is 45.2 Å². The number of thioether (sulfide) groups is 1. The van der Waals surface area contributed by atoms with Gasteiger partial charge in [-0.2, -0.15) is 11.8 Å². The summed E-state index contributed by atoms with van der Waals surface area (Å²) in [5.41, 5.74) is 0. The van der Waals surface area contributed by atoms with Crippen molar-refractivity contribution in [2.45, 2.75) is 25.0 Å². The van der Waals surface area contributed by atoms with Gasteiger partial charge in [-0.1, -0.05) is 6.92 Å². The number of hydrogen-bond donors (Lipinski definition) is 1. The molecule has 3 heteroatoms. The summed E-state index contributed by atoms with van der Waals surface area (Å²) in [7, 11) is 2.23. The third-order valence-corrected chi connectivity index (χ3v) is 3.96. The highest BCUT2D eigenvalue weighted by Gasteiger charge is 2.16. The molecular formula is C11H24N2S. The second-order valence-corrected chi connectivity index (χ2v) is 5.75. The fraction of sp³-hybridized carbons (Fsp3) is 1.00. The molecule has 0 amide bonds. The van der Waals surface area contributed by atoms with Gasteiger partial charge in [0.25, 0.3) is 0 Å². The molecule has 0 aromatic carbocycles. The van der Waals surface area contributed by atoms with E-state index < -0.39 is 0 Å².